The molecule has 1 aliphatic rings. The van der Waals surface area contributed by atoms with Gasteiger partial charge >= 0.3 is 6.01 Å². The third-order valence-electron chi connectivity index (χ3n) is 3.07. The standard InChI is InChI=1S/C13H21N3O/c1-10-9-11(2)16-13(15-10)17-8-6-12-5-3-4-7-14-12/h9,12,14H,3-8H2,1-2H3/t12-/m1/s1. The number of ether oxygens (including phenoxy) is 1. The Labute approximate surface area is 103 Å². The van der Waals surface area contributed by atoms with Crippen LogP contribution in [0.1, 0.15) is 37.1 Å². The third-order valence-corrected chi connectivity index (χ3v) is 3.07. The highest BCUT2D eigenvalue weighted by atomic mass is 16.5. The highest BCUT2D eigenvalue weighted by molar-refractivity contribution is 5.10. The maximum absolute atomic E-state index is 5.61. The third kappa shape index (κ3) is 3.97. The summed E-state index contributed by atoms with van der Waals surface area (Å²) in [5, 5.41) is 3.51. The van der Waals surface area contributed by atoms with Crippen LogP contribution in [0.5, 0.6) is 6.01 Å². The number of rotatable bonds is 4. The molecule has 0 amide bonds. The molecule has 1 N–H and O–H groups in total. The van der Waals surface area contributed by atoms with Crippen LogP contribution >= 0.6 is 0 Å². The van der Waals surface area contributed by atoms with Crippen molar-refractivity contribution in [3.63, 3.8) is 0 Å². The van der Waals surface area contributed by atoms with Crippen LogP contribution in [0.2, 0.25) is 0 Å². The van der Waals surface area contributed by atoms with Gasteiger partial charge in [-0.25, -0.2) is 9.97 Å². The molecular weight excluding hydrogens is 214 g/mol. The summed E-state index contributed by atoms with van der Waals surface area (Å²) in [5.74, 6) is 0. The van der Waals surface area contributed by atoms with Gasteiger partial charge < -0.3 is 10.1 Å². The average Bonchev–Trinajstić information content (AvgIpc) is 2.29. The summed E-state index contributed by atoms with van der Waals surface area (Å²) < 4.78 is 5.61. The lowest BCUT2D eigenvalue weighted by Crippen LogP contribution is -2.35. The molecule has 4 heteroatoms. The van der Waals surface area contributed by atoms with Crippen molar-refractivity contribution >= 4 is 0 Å². The molecule has 0 unspecified atom stereocenters. The Bertz CT molecular complexity index is 341. The normalized spacial score (nSPS) is 20.2. The minimum atomic E-state index is 0.512. The first-order chi connectivity index (χ1) is 8.24. The summed E-state index contributed by atoms with van der Waals surface area (Å²) in [6.07, 6.45) is 4.93. The monoisotopic (exact) mass is 235 g/mol. The van der Waals surface area contributed by atoms with Crippen molar-refractivity contribution in [2.75, 3.05) is 13.2 Å². The lowest BCUT2D eigenvalue weighted by Gasteiger charge is -2.23. The second kappa shape index (κ2) is 5.96. The van der Waals surface area contributed by atoms with Crippen LogP contribution < -0.4 is 10.1 Å². The molecule has 0 radical (unpaired) electrons. The molecule has 1 saturated heterocycles. The molecule has 4 nitrogen and oxygen atoms in total. The molecule has 1 aromatic rings. The van der Waals surface area contributed by atoms with E-state index in [9.17, 15) is 0 Å². The summed E-state index contributed by atoms with van der Waals surface area (Å²) >= 11 is 0. The topological polar surface area (TPSA) is 47.0 Å². The fourth-order valence-corrected chi connectivity index (χ4v) is 2.22. The zero-order valence-corrected chi connectivity index (χ0v) is 10.7. The second-order valence-corrected chi connectivity index (χ2v) is 4.72. The van der Waals surface area contributed by atoms with Gasteiger partial charge in [0.2, 0.25) is 0 Å². The maximum atomic E-state index is 5.61. The lowest BCUT2D eigenvalue weighted by molar-refractivity contribution is 0.251. The minimum absolute atomic E-state index is 0.512. The van der Waals surface area contributed by atoms with Gasteiger partial charge in [-0.2, -0.15) is 0 Å². The number of hydrogen-bond donors (Lipinski definition) is 1. The van der Waals surface area contributed by atoms with Crippen LogP contribution in [0.4, 0.5) is 0 Å². The van der Waals surface area contributed by atoms with E-state index in [0.717, 1.165) is 24.4 Å². The highest BCUT2D eigenvalue weighted by Crippen LogP contribution is 2.11. The zero-order chi connectivity index (χ0) is 12.1. The molecule has 1 fully saturated rings. The Balaban J connectivity index is 1.77. The van der Waals surface area contributed by atoms with Crippen LogP contribution in [0.15, 0.2) is 6.07 Å². The molecule has 94 valence electrons. The van der Waals surface area contributed by atoms with E-state index in [2.05, 4.69) is 15.3 Å². The van der Waals surface area contributed by atoms with Crippen molar-refractivity contribution in [2.45, 2.75) is 45.6 Å². The number of aromatic nitrogens is 2. The summed E-state index contributed by atoms with van der Waals surface area (Å²) in [4.78, 5) is 8.53. The molecule has 1 aromatic heterocycles. The number of nitrogens with zero attached hydrogens (tertiary/aromatic N) is 2. The first-order valence-corrected chi connectivity index (χ1v) is 6.42. The van der Waals surface area contributed by atoms with Gasteiger partial charge in [-0.15, -0.1) is 0 Å². The quantitative estimate of drug-likeness (QED) is 0.867. The van der Waals surface area contributed by atoms with Crippen molar-refractivity contribution < 1.29 is 4.74 Å². The van der Waals surface area contributed by atoms with E-state index in [0.29, 0.717) is 18.7 Å². The average molecular weight is 235 g/mol. The largest absolute Gasteiger partial charge is 0.463 e. The number of hydrogen-bond acceptors (Lipinski definition) is 4. The Morgan fingerprint density at radius 2 is 2.06 bits per heavy atom. The van der Waals surface area contributed by atoms with E-state index in [1.54, 1.807) is 0 Å². The molecule has 0 aromatic carbocycles. The summed E-state index contributed by atoms with van der Waals surface area (Å²) in [6.45, 7) is 5.76. The number of nitrogens with one attached hydrogen (secondary N) is 1. The van der Waals surface area contributed by atoms with E-state index in [4.69, 9.17) is 4.74 Å². The fourth-order valence-electron chi connectivity index (χ4n) is 2.22. The van der Waals surface area contributed by atoms with Crippen molar-refractivity contribution in [1.29, 1.82) is 0 Å². The first-order valence-electron chi connectivity index (χ1n) is 6.42. The predicted octanol–water partition coefficient (Wildman–Crippen LogP) is 2.00. The van der Waals surface area contributed by atoms with Crippen LogP contribution in [-0.4, -0.2) is 29.2 Å². The van der Waals surface area contributed by atoms with Gasteiger partial charge in [0.15, 0.2) is 0 Å². The van der Waals surface area contributed by atoms with E-state index in [-0.39, 0.29) is 0 Å². The van der Waals surface area contributed by atoms with Gasteiger partial charge in [-0.3, -0.25) is 0 Å². The Kier molecular flexibility index (Phi) is 4.31. The molecule has 0 spiro atoms. The van der Waals surface area contributed by atoms with Gasteiger partial charge in [-0.05, 0) is 45.7 Å². The Hall–Kier alpha value is -1.16. The van der Waals surface area contributed by atoms with Crippen molar-refractivity contribution in [1.82, 2.24) is 15.3 Å². The summed E-state index contributed by atoms with van der Waals surface area (Å²) in [5.41, 5.74) is 1.92. The Morgan fingerprint density at radius 1 is 1.29 bits per heavy atom. The maximum Gasteiger partial charge on any atom is 0.316 e. The molecule has 0 aliphatic carbocycles. The second-order valence-electron chi connectivity index (χ2n) is 4.72. The van der Waals surface area contributed by atoms with Gasteiger partial charge in [0.05, 0.1) is 6.61 Å². The van der Waals surface area contributed by atoms with E-state index in [1.165, 1.54) is 19.3 Å². The molecule has 1 aliphatic heterocycles. The zero-order valence-electron chi connectivity index (χ0n) is 10.7. The number of aryl methyl sites for hydroxylation is 2. The van der Waals surface area contributed by atoms with Gasteiger partial charge in [0.1, 0.15) is 0 Å². The first kappa shape index (κ1) is 12.3. The summed E-state index contributed by atoms with van der Waals surface area (Å²) in [7, 11) is 0. The lowest BCUT2D eigenvalue weighted by atomic mass is 10.0. The fraction of sp³-hybridized carbons (Fsp3) is 0.692. The van der Waals surface area contributed by atoms with Crippen molar-refractivity contribution in [2.24, 2.45) is 0 Å². The molecule has 2 heterocycles. The summed E-state index contributed by atoms with van der Waals surface area (Å²) in [6, 6.07) is 3.07. The number of piperidine rings is 1. The molecule has 0 saturated carbocycles. The van der Waals surface area contributed by atoms with E-state index >= 15 is 0 Å². The molecular formula is C13H21N3O. The molecule has 1 atom stereocenters. The van der Waals surface area contributed by atoms with Gasteiger partial charge in [-0.1, -0.05) is 6.42 Å². The van der Waals surface area contributed by atoms with Crippen LogP contribution in [0.25, 0.3) is 0 Å². The predicted molar refractivity (Wildman–Crippen MR) is 67.3 cm³/mol. The van der Waals surface area contributed by atoms with Crippen LogP contribution in [-0.2, 0) is 0 Å². The van der Waals surface area contributed by atoms with Gasteiger partial charge in [0.25, 0.3) is 0 Å². The molecule has 17 heavy (non-hydrogen) atoms. The van der Waals surface area contributed by atoms with Crippen molar-refractivity contribution in [3.8, 4) is 6.01 Å². The SMILES string of the molecule is Cc1cc(C)nc(OCC[C@H]2CCCCN2)n1. The van der Waals surface area contributed by atoms with E-state index in [1.807, 2.05) is 19.9 Å². The Morgan fingerprint density at radius 3 is 2.71 bits per heavy atom. The molecule has 0 bridgehead atoms. The van der Waals surface area contributed by atoms with E-state index < -0.39 is 0 Å². The minimum Gasteiger partial charge on any atom is -0.463 e. The smallest absolute Gasteiger partial charge is 0.316 e. The van der Waals surface area contributed by atoms with Crippen LogP contribution in [0.3, 0.4) is 0 Å². The highest BCUT2D eigenvalue weighted by Gasteiger charge is 2.12. The molecule has 2 rings (SSSR count). The van der Waals surface area contributed by atoms with Crippen molar-refractivity contribution in [3.05, 3.63) is 17.5 Å². The van der Waals surface area contributed by atoms with Crippen LogP contribution in [0, 0.1) is 13.8 Å². The van der Waals surface area contributed by atoms with Gasteiger partial charge in [0, 0.05) is 17.4 Å².